The van der Waals surface area contributed by atoms with Crippen molar-refractivity contribution >= 4 is 35.3 Å². The van der Waals surface area contributed by atoms with Crippen LogP contribution in [0.15, 0.2) is 78.5 Å². The molecule has 0 unspecified atom stereocenters. The highest BCUT2D eigenvalue weighted by atomic mass is 35.5. The van der Waals surface area contributed by atoms with Crippen molar-refractivity contribution in [3.8, 4) is 5.75 Å². The molecule has 0 atom stereocenters. The Kier molecular flexibility index (Phi) is 5.50. The van der Waals surface area contributed by atoms with Crippen molar-refractivity contribution < 1.29 is 18.7 Å². The van der Waals surface area contributed by atoms with Gasteiger partial charge >= 0.3 is 6.03 Å². The number of halogens is 2. The lowest BCUT2D eigenvalue weighted by atomic mass is 10.1. The van der Waals surface area contributed by atoms with Crippen LogP contribution in [-0.2, 0) is 11.4 Å². The lowest BCUT2D eigenvalue weighted by molar-refractivity contribution is -0.113. The van der Waals surface area contributed by atoms with Crippen LogP contribution in [0, 0.1) is 5.82 Å². The predicted octanol–water partition coefficient (Wildman–Crippen LogP) is 5.16. The smallest absolute Gasteiger partial charge is 0.333 e. The highest BCUT2D eigenvalue weighted by Crippen LogP contribution is 2.25. The minimum absolute atomic E-state index is 0.0743. The van der Waals surface area contributed by atoms with Gasteiger partial charge in [0.25, 0.3) is 5.91 Å². The second-order valence-corrected chi connectivity index (χ2v) is 7.00. The van der Waals surface area contributed by atoms with E-state index < -0.39 is 11.9 Å². The number of urea groups is 1. The summed E-state index contributed by atoms with van der Waals surface area (Å²) in [4.78, 5) is 26.1. The minimum atomic E-state index is -0.555. The van der Waals surface area contributed by atoms with E-state index in [1.54, 1.807) is 72.8 Å². The van der Waals surface area contributed by atoms with Gasteiger partial charge in [0.15, 0.2) is 0 Å². The zero-order valence-corrected chi connectivity index (χ0v) is 16.4. The molecular weight excluding hydrogens is 407 g/mol. The van der Waals surface area contributed by atoms with Crippen molar-refractivity contribution in [2.45, 2.75) is 6.61 Å². The van der Waals surface area contributed by atoms with Gasteiger partial charge in [-0.2, -0.15) is 0 Å². The zero-order valence-electron chi connectivity index (χ0n) is 15.6. The summed E-state index contributed by atoms with van der Waals surface area (Å²) in [7, 11) is 0. The van der Waals surface area contributed by atoms with Crippen LogP contribution in [0.4, 0.5) is 14.9 Å². The molecule has 3 aromatic rings. The number of benzene rings is 3. The van der Waals surface area contributed by atoms with E-state index >= 15 is 0 Å². The van der Waals surface area contributed by atoms with E-state index in [2.05, 4.69) is 5.32 Å². The third-order valence-corrected chi connectivity index (χ3v) is 4.70. The molecule has 0 bridgehead atoms. The molecule has 1 aliphatic heterocycles. The third-order valence-electron chi connectivity index (χ3n) is 4.47. The molecule has 3 amide bonds. The van der Waals surface area contributed by atoms with Gasteiger partial charge in [0.05, 0.1) is 5.69 Å². The normalized spacial score (nSPS) is 14.9. The van der Waals surface area contributed by atoms with Gasteiger partial charge < -0.3 is 10.1 Å². The van der Waals surface area contributed by atoms with Crippen LogP contribution in [0.1, 0.15) is 11.1 Å². The molecule has 0 spiro atoms. The molecule has 4 rings (SSSR count). The number of ether oxygens (including phenoxy) is 1. The Balaban J connectivity index is 1.52. The Hall–Kier alpha value is -3.64. The van der Waals surface area contributed by atoms with Crippen molar-refractivity contribution in [3.05, 3.63) is 100 Å². The van der Waals surface area contributed by atoms with Gasteiger partial charge in [0.1, 0.15) is 23.9 Å². The van der Waals surface area contributed by atoms with E-state index in [0.717, 1.165) is 4.90 Å². The summed E-state index contributed by atoms with van der Waals surface area (Å²) in [6.07, 6.45) is 1.56. The third kappa shape index (κ3) is 4.18. The summed E-state index contributed by atoms with van der Waals surface area (Å²) in [5.74, 6) is -0.313. The van der Waals surface area contributed by atoms with E-state index in [-0.39, 0.29) is 18.1 Å². The molecule has 5 nitrogen and oxygen atoms in total. The van der Waals surface area contributed by atoms with E-state index in [1.807, 2.05) is 0 Å². The highest BCUT2D eigenvalue weighted by Gasteiger charge is 2.34. The average molecular weight is 423 g/mol. The largest absolute Gasteiger partial charge is 0.489 e. The number of carbonyl (C=O) groups is 2. The number of nitrogens with zero attached hydrogens (tertiary/aromatic N) is 1. The molecule has 0 saturated carbocycles. The van der Waals surface area contributed by atoms with Gasteiger partial charge in [-0.05, 0) is 48.0 Å². The Morgan fingerprint density at radius 1 is 1.00 bits per heavy atom. The fourth-order valence-electron chi connectivity index (χ4n) is 3.02. The SMILES string of the molecule is O=C1N/C(=C/c2cccc(OCc3ccccc3F)c2)C(=O)N1c1cccc(Cl)c1. The summed E-state index contributed by atoms with van der Waals surface area (Å²) in [5.41, 5.74) is 1.61. The summed E-state index contributed by atoms with van der Waals surface area (Å²) in [6.45, 7) is 0.0743. The Labute approximate surface area is 177 Å². The number of anilines is 1. The number of rotatable bonds is 5. The number of amides is 3. The molecule has 1 fully saturated rings. The van der Waals surface area contributed by atoms with Gasteiger partial charge in [-0.25, -0.2) is 14.1 Å². The van der Waals surface area contributed by atoms with Crippen LogP contribution in [0.3, 0.4) is 0 Å². The number of carbonyl (C=O) groups excluding carboxylic acids is 2. The molecule has 150 valence electrons. The standard InChI is InChI=1S/C23H16ClFN2O3/c24-17-7-4-8-18(13-17)27-22(28)21(26-23(27)29)12-15-5-3-9-19(11-15)30-14-16-6-1-2-10-20(16)25/h1-13H,14H2,(H,26,29)/b21-12+. The van der Waals surface area contributed by atoms with Gasteiger partial charge in [0.2, 0.25) is 0 Å². The molecule has 1 heterocycles. The zero-order chi connectivity index (χ0) is 21.1. The second-order valence-electron chi connectivity index (χ2n) is 6.56. The lowest BCUT2D eigenvalue weighted by Gasteiger charge is -2.11. The minimum Gasteiger partial charge on any atom is -0.489 e. The van der Waals surface area contributed by atoms with Crippen LogP contribution in [0.5, 0.6) is 5.75 Å². The summed E-state index contributed by atoms with van der Waals surface area (Å²) >= 11 is 5.96. The van der Waals surface area contributed by atoms with Crippen LogP contribution >= 0.6 is 11.6 Å². The quantitative estimate of drug-likeness (QED) is 0.456. The predicted molar refractivity (Wildman–Crippen MR) is 113 cm³/mol. The molecule has 1 N–H and O–H groups in total. The molecule has 0 radical (unpaired) electrons. The van der Waals surface area contributed by atoms with Crippen molar-refractivity contribution in [2.75, 3.05) is 4.90 Å². The molecule has 0 aliphatic carbocycles. The maximum Gasteiger partial charge on any atom is 0.333 e. The number of imide groups is 1. The Morgan fingerprint density at radius 2 is 1.80 bits per heavy atom. The molecule has 1 aliphatic rings. The number of hydrogen-bond acceptors (Lipinski definition) is 3. The topological polar surface area (TPSA) is 58.6 Å². The van der Waals surface area contributed by atoms with Crippen molar-refractivity contribution in [1.29, 1.82) is 0 Å². The first-order valence-electron chi connectivity index (χ1n) is 9.10. The molecule has 30 heavy (non-hydrogen) atoms. The van der Waals surface area contributed by atoms with Crippen molar-refractivity contribution in [3.63, 3.8) is 0 Å². The first-order chi connectivity index (χ1) is 14.5. The van der Waals surface area contributed by atoms with Crippen LogP contribution in [0.25, 0.3) is 6.08 Å². The fraction of sp³-hybridized carbons (Fsp3) is 0.0435. The van der Waals surface area contributed by atoms with Gasteiger partial charge in [0, 0.05) is 10.6 Å². The van der Waals surface area contributed by atoms with Gasteiger partial charge in [-0.15, -0.1) is 0 Å². The summed E-state index contributed by atoms with van der Waals surface area (Å²) in [6, 6.07) is 19.3. The van der Waals surface area contributed by atoms with Crippen molar-refractivity contribution in [1.82, 2.24) is 5.32 Å². The van der Waals surface area contributed by atoms with E-state index in [1.165, 1.54) is 6.07 Å². The average Bonchev–Trinajstić information content (AvgIpc) is 3.00. The van der Waals surface area contributed by atoms with Crippen LogP contribution in [-0.4, -0.2) is 11.9 Å². The van der Waals surface area contributed by atoms with Crippen molar-refractivity contribution in [2.24, 2.45) is 0 Å². The molecule has 1 saturated heterocycles. The second kappa shape index (κ2) is 8.39. The molecule has 3 aromatic carbocycles. The number of nitrogens with one attached hydrogen (secondary N) is 1. The fourth-order valence-corrected chi connectivity index (χ4v) is 3.21. The first-order valence-corrected chi connectivity index (χ1v) is 9.48. The Morgan fingerprint density at radius 3 is 2.60 bits per heavy atom. The maximum absolute atomic E-state index is 13.7. The van der Waals surface area contributed by atoms with Crippen LogP contribution < -0.4 is 15.0 Å². The Bertz CT molecular complexity index is 1160. The van der Waals surface area contributed by atoms with Crippen LogP contribution in [0.2, 0.25) is 5.02 Å². The lowest BCUT2D eigenvalue weighted by Crippen LogP contribution is -2.30. The monoisotopic (exact) mass is 422 g/mol. The van der Waals surface area contributed by atoms with Gasteiger partial charge in [-0.3, -0.25) is 4.79 Å². The molecule has 7 heteroatoms. The number of hydrogen-bond donors (Lipinski definition) is 1. The highest BCUT2D eigenvalue weighted by molar-refractivity contribution is 6.32. The van der Waals surface area contributed by atoms with Gasteiger partial charge in [-0.1, -0.05) is 48.0 Å². The molecule has 0 aromatic heterocycles. The molecular formula is C23H16ClFN2O3. The van der Waals surface area contributed by atoms with E-state index in [9.17, 15) is 14.0 Å². The van der Waals surface area contributed by atoms with E-state index in [0.29, 0.717) is 27.6 Å². The first kappa shape index (κ1) is 19.7. The summed E-state index contributed by atoms with van der Waals surface area (Å²) < 4.78 is 19.4. The van der Waals surface area contributed by atoms with E-state index in [4.69, 9.17) is 16.3 Å². The summed E-state index contributed by atoms with van der Waals surface area (Å²) in [5, 5.41) is 2.99. The maximum atomic E-state index is 13.7.